The van der Waals surface area contributed by atoms with Crippen LogP contribution in [-0.4, -0.2) is 47.5 Å². The zero-order chi connectivity index (χ0) is 29.1. The number of aryl methyl sites for hydroxylation is 1. The van der Waals surface area contributed by atoms with E-state index in [1.165, 1.54) is 6.07 Å². The Morgan fingerprint density at radius 1 is 1.20 bits per heavy atom. The van der Waals surface area contributed by atoms with Crippen LogP contribution in [0.4, 0.5) is 10.1 Å². The third-order valence-electron chi connectivity index (χ3n) is 8.40. The number of fused-ring (bicyclic) bond motifs is 2. The molecule has 0 aromatic heterocycles. The fraction of sp³-hybridized carbons (Fsp3) is 0.364. The number of benzene rings is 3. The number of anilines is 1. The van der Waals surface area contributed by atoms with E-state index in [1.54, 1.807) is 29.2 Å². The fourth-order valence-electron chi connectivity index (χ4n) is 6.24. The highest BCUT2D eigenvalue weighted by atomic mass is 35.5. The number of nitrogens with zero attached hydrogens (tertiary/aromatic N) is 2. The van der Waals surface area contributed by atoms with E-state index in [9.17, 15) is 14.3 Å². The van der Waals surface area contributed by atoms with Crippen LogP contribution in [0.2, 0.25) is 5.02 Å². The number of likely N-dealkylation sites (tertiary alicyclic amines) is 1. The number of phenolic OH excluding ortho intramolecular Hbond substituents is 1. The van der Waals surface area contributed by atoms with Crippen molar-refractivity contribution in [3.8, 4) is 5.75 Å². The zero-order valence-corrected chi connectivity index (χ0v) is 25.5. The van der Waals surface area contributed by atoms with Crippen LogP contribution < -0.4 is 5.32 Å². The standard InChI is InChI=1S/C33H38ClFN3O2P/c1-22-6-4-7-24(18-22)21-37(3)32(40)27(25-9-12-31(39)29(34)19-25)8-5-15-38-16-13-33(14-17-38)28-20-26(35)10-11-30(28)36-23(2)41-33/h4,6-7,9-12,18-20,27,36,39,41H,2,5,8,13-17,21H2,1,3H3. The highest BCUT2D eigenvalue weighted by molar-refractivity contribution is 7.44. The molecular weight excluding hydrogens is 556 g/mol. The number of carbonyl (C=O) groups excluding carboxylic acids is 1. The number of rotatable bonds is 8. The second-order valence-electron chi connectivity index (χ2n) is 11.4. The van der Waals surface area contributed by atoms with E-state index in [1.807, 2.05) is 38.2 Å². The van der Waals surface area contributed by atoms with Crippen molar-refractivity contribution in [2.45, 2.75) is 50.2 Å². The molecule has 2 aliphatic rings. The van der Waals surface area contributed by atoms with Gasteiger partial charge in [-0.1, -0.05) is 62.7 Å². The summed E-state index contributed by atoms with van der Waals surface area (Å²) >= 11 is 6.26. The lowest BCUT2D eigenvalue weighted by Gasteiger charge is -2.46. The summed E-state index contributed by atoms with van der Waals surface area (Å²) in [6.07, 6.45) is 3.44. The lowest BCUT2D eigenvalue weighted by molar-refractivity contribution is -0.132. The van der Waals surface area contributed by atoms with Crippen molar-refractivity contribution in [3.63, 3.8) is 0 Å². The number of aromatic hydroxyl groups is 1. The Labute approximate surface area is 249 Å². The zero-order valence-electron chi connectivity index (χ0n) is 23.7. The first kappa shape index (κ1) is 29.6. The molecule has 5 rings (SSSR count). The van der Waals surface area contributed by atoms with Gasteiger partial charge < -0.3 is 20.2 Å². The first-order valence-electron chi connectivity index (χ1n) is 14.2. The Bertz CT molecular complexity index is 1440. The SMILES string of the molecule is C=C1Nc2ccc(F)cc2C2(CCN(CCCC(C(=O)N(C)Cc3cccc(C)c3)c3ccc(O)c(Cl)c3)CC2)P1. The molecule has 0 radical (unpaired) electrons. The van der Waals surface area contributed by atoms with Crippen molar-refractivity contribution in [2.75, 3.05) is 32.0 Å². The molecule has 1 fully saturated rings. The van der Waals surface area contributed by atoms with Gasteiger partial charge in [-0.2, -0.15) is 0 Å². The second-order valence-corrected chi connectivity index (χ2v) is 13.6. The number of nitrogens with one attached hydrogen (secondary N) is 1. The fourth-order valence-corrected chi connectivity index (χ4v) is 8.02. The normalized spacial score (nSPS) is 17.7. The molecule has 2 atom stereocenters. The lowest BCUT2D eigenvalue weighted by atomic mass is 9.86. The number of carbonyl (C=O) groups is 1. The van der Waals surface area contributed by atoms with Crippen LogP contribution in [-0.2, 0) is 16.5 Å². The lowest BCUT2D eigenvalue weighted by Crippen LogP contribution is -2.42. The minimum absolute atomic E-state index is 0.0136. The first-order valence-corrected chi connectivity index (χ1v) is 15.6. The van der Waals surface area contributed by atoms with Crippen LogP contribution in [0.1, 0.15) is 53.9 Å². The minimum atomic E-state index is -0.358. The molecule has 1 spiro atoms. The van der Waals surface area contributed by atoms with Crippen LogP contribution >= 0.6 is 20.2 Å². The summed E-state index contributed by atoms with van der Waals surface area (Å²) in [7, 11) is 2.37. The average molecular weight is 594 g/mol. The number of phenols is 1. The van der Waals surface area contributed by atoms with E-state index >= 15 is 0 Å². The highest BCUT2D eigenvalue weighted by Crippen LogP contribution is 2.58. The molecule has 0 saturated carbocycles. The van der Waals surface area contributed by atoms with Gasteiger partial charge in [-0.15, -0.1) is 0 Å². The molecule has 8 heteroatoms. The maximum Gasteiger partial charge on any atom is 0.230 e. The molecule has 216 valence electrons. The maximum atomic E-state index is 14.2. The molecule has 3 aromatic carbocycles. The van der Waals surface area contributed by atoms with Crippen LogP contribution in [0, 0.1) is 12.7 Å². The molecule has 0 bridgehead atoms. The van der Waals surface area contributed by atoms with Crippen molar-refractivity contribution in [1.29, 1.82) is 0 Å². The Morgan fingerprint density at radius 3 is 2.71 bits per heavy atom. The van der Waals surface area contributed by atoms with Crippen molar-refractivity contribution in [3.05, 3.63) is 106 Å². The summed E-state index contributed by atoms with van der Waals surface area (Å²) < 4.78 is 14.2. The first-order chi connectivity index (χ1) is 19.6. The van der Waals surface area contributed by atoms with Gasteiger partial charge in [0.2, 0.25) is 5.91 Å². The van der Waals surface area contributed by atoms with Gasteiger partial charge in [-0.25, -0.2) is 4.39 Å². The number of amides is 1. The number of hydrogen-bond acceptors (Lipinski definition) is 4. The van der Waals surface area contributed by atoms with Crippen LogP contribution in [0.5, 0.6) is 5.75 Å². The van der Waals surface area contributed by atoms with Crippen molar-refractivity contribution in [1.82, 2.24) is 9.80 Å². The second kappa shape index (κ2) is 12.5. The number of halogens is 2. The van der Waals surface area contributed by atoms with Crippen LogP contribution in [0.25, 0.3) is 0 Å². The molecule has 2 heterocycles. The van der Waals surface area contributed by atoms with Crippen molar-refractivity contribution >= 4 is 31.8 Å². The quantitative estimate of drug-likeness (QED) is 0.264. The van der Waals surface area contributed by atoms with E-state index < -0.39 is 0 Å². The van der Waals surface area contributed by atoms with Crippen LogP contribution in [0.3, 0.4) is 0 Å². The van der Waals surface area contributed by atoms with E-state index in [2.05, 4.69) is 22.9 Å². The van der Waals surface area contributed by atoms with Gasteiger partial charge >= 0.3 is 0 Å². The molecule has 5 nitrogen and oxygen atoms in total. The Hall–Kier alpha value is -2.92. The molecule has 1 amide bonds. The molecule has 2 aliphatic heterocycles. The smallest absolute Gasteiger partial charge is 0.230 e. The molecule has 1 saturated heterocycles. The number of piperidine rings is 1. The van der Waals surface area contributed by atoms with Gasteiger partial charge in [0.15, 0.2) is 0 Å². The molecule has 41 heavy (non-hydrogen) atoms. The summed E-state index contributed by atoms with van der Waals surface area (Å²) in [5, 5.41) is 13.5. The summed E-state index contributed by atoms with van der Waals surface area (Å²) in [4.78, 5) is 18.0. The molecule has 2 N–H and O–H groups in total. The van der Waals surface area contributed by atoms with Crippen molar-refractivity contribution in [2.24, 2.45) is 0 Å². The van der Waals surface area contributed by atoms with Gasteiger partial charge in [0.1, 0.15) is 11.6 Å². The third-order valence-corrected chi connectivity index (χ3v) is 10.4. The number of hydrogen-bond donors (Lipinski definition) is 2. The average Bonchev–Trinajstić information content (AvgIpc) is 2.94. The Kier molecular flexibility index (Phi) is 9.03. The van der Waals surface area contributed by atoms with Gasteiger partial charge in [0, 0.05) is 29.9 Å². The van der Waals surface area contributed by atoms with E-state index in [-0.39, 0.29) is 33.6 Å². The van der Waals surface area contributed by atoms with Gasteiger partial charge in [-0.05, 0) is 99.3 Å². The monoisotopic (exact) mass is 593 g/mol. The van der Waals surface area contributed by atoms with Gasteiger partial charge in [0.25, 0.3) is 0 Å². The topological polar surface area (TPSA) is 55.8 Å². The molecular formula is C33H38ClFN3O2P. The third kappa shape index (κ3) is 6.77. The summed E-state index contributed by atoms with van der Waals surface area (Å²) in [5.74, 6) is -0.496. The summed E-state index contributed by atoms with van der Waals surface area (Å²) in [5.41, 5.74) is 6.15. The van der Waals surface area contributed by atoms with Crippen molar-refractivity contribution < 1.29 is 14.3 Å². The molecule has 2 unspecified atom stereocenters. The predicted molar refractivity (Wildman–Crippen MR) is 168 cm³/mol. The van der Waals surface area contributed by atoms with E-state index in [4.69, 9.17) is 11.6 Å². The van der Waals surface area contributed by atoms with Gasteiger partial charge in [-0.3, -0.25) is 4.79 Å². The van der Waals surface area contributed by atoms with Crippen LogP contribution in [0.15, 0.2) is 72.7 Å². The largest absolute Gasteiger partial charge is 0.506 e. The number of likely N-dealkylation sites (N-methyl/N-ethyl adjacent to an activating group) is 1. The molecule has 3 aromatic rings. The summed E-state index contributed by atoms with van der Waals surface area (Å²) in [6, 6.07) is 18.3. The highest BCUT2D eigenvalue weighted by Gasteiger charge is 2.41. The predicted octanol–water partition coefficient (Wildman–Crippen LogP) is 7.58. The minimum Gasteiger partial charge on any atom is -0.506 e. The Morgan fingerprint density at radius 2 is 1.98 bits per heavy atom. The van der Waals surface area contributed by atoms with Gasteiger partial charge in [0.05, 0.1) is 10.9 Å². The summed E-state index contributed by atoms with van der Waals surface area (Å²) in [6.45, 7) is 9.51. The van der Waals surface area contributed by atoms with E-state index in [0.29, 0.717) is 21.5 Å². The maximum absolute atomic E-state index is 14.2. The molecule has 0 aliphatic carbocycles. The Balaban J connectivity index is 1.24. The van der Waals surface area contributed by atoms with E-state index in [0.717, 1.165) is 72.3 Å².